The lowest BCUT2D eigenvalue weighted by atomic mass is 10.1. The average molecular weight is 291 g/mol. The number of imidazole rings is 1. The van der Waals surface area contributed by atoms with E-state index in [0.29, 0.717) is 28.1 Å². The predicted octanol–water partition coefficient (Wildman–Crippen LogP) is 2.22. The number of allylic oxidation sites excluding steroid dienone is 1. The maximum atomic E-state index is 12.3. The van der Waals surface area contributed by atoms with E-state index in [1.165, 1.54) is 18.9 Å². The highest BCUT2D eigenvalue weighted by Crippen LogP contribution is 2.30. The van der Waals surface area contributed by atoms with Crippen LogP contribution in [0.4, 0.5) is 5.82 Å². The van der Waals surface area contributed by atoms with Crippen molar-refractivity contribution in [3.05, 3.63) is 53.6 Å². The minimum Gasteiger partial charge on any atom is -0.506 e. The molecule has 0 saturated heterocycles. The number of nitrogens with one attached hydrogen (secondary N) is 1. The molecule has 0 amide bonds. The third-order valence-corrected chi connectivity index (χ3v) is 3.45. The number of aromatic amines is 1. The first-order valence-electron chi connectivity index (χ1n) is 6.51. The Morgan fingerprint density at radius 1 is 1.14 bits per heavy atom. The van der Waals surface area contributed by atoms with Gasteiger partial charge in [-0.3, -0.25) is 4.79 Å². The van der Waals surface area contributed by atoms with Crippen molar-refractivity contribution in [2.45, 2.75) is 0 Å². The molecular weight excluding hydrogens is 282 g/mol. The molecule has 0 radical (unpaired) electrons. The molecule has 0 fully saturated rings. The first-order chi connectivity index (χ1) is 10.8. The fourth-order valence-corrected chi connectivity index (χ4v) is 2.38. The quantitative estimate of drug-likeness (QED) is 0.704. The number of carbonyl (C=O) groups is 1. The second-order valence-electron chi connectivity index (χ2n) is 4.69. The van der Waals surface area contributed by atoms with Gasteiger partial charge >= 0.3 is 0 Å². The number of aliphatic hydroxyl groups is 1. The molecule has 2 N–H and O–H groups in total. The molecule has 0 spiro atoms. The molecule has 7 heteroatoms. The van der Waals surface area contributed by atoms with Crippen LogP contribution in [0.5, 0.6) is 0 Å². The molecule has 2 aromatic heterocycles. The van der Waals surface area contributed by atoms with Crippen LogP contribution in [0.15, 0.2) is 47.5 Å². The lowest BCUT2D eigenvalue weighted by Gasteiger charge is -1.95. The van der Waals surface area contributed by atoms with E-state index < -0.39 is 0 Å². The van der Waals surface area contributed by atoms with Gasteiger partial charge in [-0.25, -0.2) is 19.9 Å². The number of carbonyl (C=O) groups excluding carboxylic acids is 1. The third-order valence-electron chi connectivity index (χ3n) is 3.45. The molecule has 0 unspecified atom stereocenters. The van der Waals surface area contributed by atoms with Gasteiger partial charge in [-0.1, -0.05) is 24.3 Å². The molecule has 3 aromatic rings. The van der Waals surface area contributed by atoms with Crippen molar-refractivity contribution < 1.29 is 9.90 Å². The Balaban J connectivity index is 1.77. The van der Waals surface area contributed by atoms with E-state index in [-0.39, 0.29) is 17.1 Å². The van der Waals surface area contributed by atoms with Crippen molar-refractivity contribution in [3.8, 4) is 0 Å². The number of aromatic nitrogens is 4. The van der Waals surface area contributed by atoms with Crippen LogP contribution in [0.3, 0.4) is 0 Å². The molecule has 0 saturated carbocycles. The van der Waals surface area contributed by atoms with E-state index in [2.05, 4.69) is 24.9 Å². The summed E-state index contributed by atoms with van der Waals surface area (Å²) < 4.78 is 0. The third kappa shape index (κ3) is 1.72. The van der Waals surface area contributed by atoms with Gasteiger partial charge in [0.05, 0.1) is 11.9 Å². The summed E-state index contributed by atoms with van der Waals surface area (Å²) in [6.45, 7) is 0. The van der Waals surface area contributed by atoms with Gasteiger partial charge in [-0.15, -0.1) is 0 Å². The van der Waals surface area contributed by atoms with Gasteiger partial charge in [-0.05, 0) is 0 Å². The van der Waals surface area contributed by atoms with Crippen LogP contribution in [0.25, 0.3) is 16.9 Å². The Kier molecular flexibility index (Phi) is 2.59. The van der Waals surface area contributed by atoms with E-state index in [1.54, 1.807) is 24.3 Å². The molecule has 4 rings (SSSR count). The van der Waals surface area contributed by atoms with Crippen LogP contribution in [-0.4, -0.2) is 37.0 Å². The predicted molar refractivity (Wildman–Crippen MR) is 80.2 cm³/mol. The topological polar surface area (TPSA) is 104 Å². The number of aliphatic imine (C=N–C) groups is 1. The number of hydrogen-bond donors (Lipinski definition) is 2. The van der Waals surface area contributed by atoms with Crippen LogP contribution in [0.1, 0.15) is 15.9 Å². The van der Waals surface area contributed by atoms with Crippen LogP contribution in [0, 0.1) is 0 Å². The Morgan fingerprint density at radius 2 is 1.95 bits per heavy atom. The number of rotatable bonds is 2. The Bertz CT molecular complexity index is 971. The maximum Gasteiger partial charge on any atom is 0.199 e. The molecule has 22 heavy (non-hydrogen) atoms. The summed E-state index contributed by atoms with van der Waals surface area (Å²) in [5.41, 5.74) is 2.19. The summed E-state index contributed by atoms with van der Waals surface area (Å²) in [5.74, 6) is 0.0255. The lowest BCUT2D eigenvalue weighted by molar-refractivity contribution is 0.104. The highest BCUT2D eigenvalue weighted by Gasteiger charge is 2.28. The van der Waals surface area contributed by atoms with E-state index in [4.69, 9.17) is 0 Å². The highest BCUT2D eigenvalue weighted by molar-refractivity contribution is 6.30. The van der Waals surface area contributed by atoms with Crippen LogP contribution >= 0.6 is 0 Å². The second-order valence-corrected chi connectivity index (χ2v) is 4.69. The van der Waals surface area contributed by atoms with Crippen molar-refractivity contribution in [3.63, 3.8) is 0 Å². The molecule has 1 aromatic carbocycles. The van der Waals surface area contributed by atoms with E-state index in [9.17, 15) is 9.90 Å². The number of benzene rings is 1. The lowest BCUT2D eigenvalue weighted by Crippen LogP contribution is -1.99. The van der Waals surface area contributed by atoms with E-state index in [0.717, 1.165) is 0 Å². The van der Waals surface area contributed by atoms with Crippen LogP contribution in [-0.2, 0) is 0 Å². The van der Waals surface area contributed by atoms with Gasteiger partial charge in [0.15, 0.2) is 17.2 Å². The van der Waals surface area contributed by atoms with Crippen molar-refractivity contribution in [1.82, 2.24) is 19.9 Å². The van der Waals surface area contributed by atoms with Crippen molar-refractivity contribution in [1.29, 1.82) is 0 Å². The van der Waals surface area contributed by atoms with Crippen LogP contribution in [0.2, 0.25) is 0 Å². The molecule has 1 aliphatic rings. The maximum absolute atomic E-state index is 12.3. The number of aliphatic hydroxyl groups excluding tert-OH is 1. The SMILES string of the molecule is O=C1C(C=Nc2ncnc3nc[nH]c23)=C(O)c2ccccc21. The Labute approximate surface area is 124 Å². The second kappa shape index (κ2) is 4.59. The number of hydrogen-bond acceptors (Lipinski definition) is 6. The smallest absolute Gasteiger partial charge is 0.199 e. The first kappa shape index (κ1) is 12.4. The van der Waals surface area contributed by atoms with Crippen molar-refractivity contribution >= 4 is 34.7 Å². The molecule has 0 atom stereocenters. The van der Waals surface area contributed by atoms with E-state index >= 15 is 0 Å². The summed E-state index contributed by atoms with van der Waals surface area (Å²) in [6, 6.07) is 6.89. The monoisotopic (exact) mass is 291 g/mol. The molecule has 106 valence electrons. The van der Waals surface area contributed by atoms with Crippen molar-refractivity contribution in [2.75, 3.05) is 0 Å². The molecular formula is C15H9N5O2. The highest BCUT2D eigenvalue weighted by atomic mass is 16.3. The zero-order valence-electron chi connectivity index (χ0n) is 11.2. The zero-order chi connectivity index (χ0) is 15.1. The van der Waals surface area contributed by atoms with Gasteiger partial charge in [0.1, 0.15) is 17.6 Å². The minimum absolute atomic E-state index is 0.0701. The van der Waals surface area contributed by atoms with Gasteiger partial charge in [-0.2, -0.15) is 0 Å². The van der Waals surface area contributed by atoms with Gasteiger partial charge < -0.3 is 10.1 Å². The summed E-state index contributed by atoms with van der Waals surface area (Å²) >= 11 is 0. The number of nitrogens with zero attached hydrogens (tertiary/aromatic N) is 4. The fraction of sp³-hybridized carbons (Fsp3) is 0. The molecule has 7 nitrogen and oxygen atoms in total. The van der Waals surface area contributed by atoms with Gasteiger partial charge in [0.25, 0.3) is 0 Å². The summed E-state index contributed by atoms with van der Waals surface area (Å²) in [6.07, 6.45) is 4.15. The molecule has 2 heterocycles. The number of fused-ring (bicyclic) bond motifs is 2. The minimum atomic E-state index is -0.258. The van der Waals surface area contributed by atoms with E-state index in [1.807, 2.05) is 0 Å². The van der Waals surface area contributed by atoms with Gasteiger partial charge in [0, 0.05) is 17.3 Å². The zero-order valence-corrected chi connectivity index (χ0v) is 11.2. The first-order valence-corrected chi connectivity index (χ1v) is 6.51. The van der Waals surface area contributed by atoms with Gasteiger partial charge in [0.2, 0.25) is 0 Å². The summed E-state index contributed by atoms with van der Waals surface area (Å²) in [7, 11) is 0. The molecule has 0 aliphatic heterocycles. The normalized spacial score (nSPS) is 14.3. The molecule has 1 aliphatic carbocycles. The molecule has 0 bridgehead atoms. The Hall–Kier alpha value is -3.35. The number of Topliss-reactive ketones (excluding diaryl/α,β-unsaturated/α-hetero) is 1. The standard InChI is InChI=1S/C15H9N5O2/c21-12-8-3-1-2-4-9(8)13(22)10(12)5-16-14-11-15(18-6-17-11)20-7-19-14/h1-7,21H,(H,17,18,19,20). The number of ketones is 1. The summed E-state index contributed by atoms with van der Waals surface area (Å²) in [4.78, 5) is 31.4. The number of H-pyrrole nitrogens is 1. The average Bonchev–Trinajstić information content (AvgIpc) is 3.11. The largest absolute Gasteiger partial charge is 0.506 e. The Morgan fingerprint density at radius 3 is 2.77 bits per heavy atom. The fourth-order valence-electron chi connectivity index (χ4n) is 2.38. The summed E-state index contributed by atoms with van der Waals surface area (Å²) in [5, 5.41) is 10.2. The van der Waals surface area contributed by atoms with Crippen LogP contribution < -0.4 is 0 Å². The van der Waals surface area contributed by atoms with Crippen molar-refractivity contribution in [2.24, 2.45) is 4.99 Å².